The molecule has 0 spiro atoms. The lowest BCUT2D eigenvalue weighted by Gasteiger charge is -2.19. The van der Waals surface area contributed by atoms with Crippen molar-refractivity contribution in [3.8, 4) is 17.0 Å². The van der Waals surface area contributed by atoms with Gasteiger partial charge in [-0.15, -0.1) is 0 Å². The Morgan fingerprint density at radius 2 is 1.84 bits per heavy atom. The molecule has 2 atom stereocenters. The first kappa shape index (κ1) is 26.4. The number of nitrogens with two attached hydrogens (primary N) is 1. The van der Waals surface area contributed by atoms with Gasteiger partial charge in [-0.1, -0.05) is 44.2 Å². The molecule has 0 amide bonds. The van der Waals surface area contributed by atoms with E-state index in [4.69, 9.17) is 19.9 Å². The van der Waals surface area contributed by atoms with Gasteiger partial charge in [0, 0.05) is 11.6 Å². The lowest BCUT2D eigenvalue weighted by molar-refractivity contribution is -0.138. The van der Waals surface area contributed by atoms with Crippen LogP contribution in [0.25, 0.3) is 11.3 Å². The first-order valence-corrected chi connectivity index (χ1v) is 11.8. The van der Waals surface area contributed by atoms with E-state index >= 15 is 0 Å². The zero-order valence-electron chi connectivity index (χ0n) is 18.2. The molecule has 0 saturated carbocycles. The summed E-state index contributed by atoms with van der Waals surface area (Å²) in [5.74, 6) is -0.128. The Balaban J connectivity index is 2.12. The van der Waals surface area contributed by atoms with E-state index in [-0.39, 0.29) is 36.0 Å². The van der Waals surface area contributed by atoms with Gasteiger partial charge in [0.05, 0.1) is 24.3 Å². The molecule has 11 heteroatoms. The number of hydrogen-bond donors (Lipinski definition) is 2. The van der Waals surface area contributed by atoms with Crippen LogP contribution < -0.4 is 10.5 Å². The van der Waals surface area contributed by atoms with E-state index in [9.17, 15) is 17.7 Å². The molecule has 0 aliphatic heterocycles. The fourth-order valence-corrected chi connectivity index (χ4v) is 3.49. The summed E-state index contributed by atoms with van der Waals surface area (Å²) >= 11 is 0. The van der Waals surface area contributed by atoms with Gasteiger partial charge in [-0.3, -0.25) is 4.57 Å². The highest BCUT2D eigenvalue weighted by atomic mass is 31.1. The third kappa shape index (κ3) is 7.92. The van der Waals surface area contributed by atoms with E-state index in [0.717, 1.165) is 38.2 Å². The molecule has 7 nitrogen and oxygen atoms in total. The predicted molar refractivity (Wildman–Crippen MR) is 115 cm³/mol. The summed E-state index contributed by atoms with van der Waals surface area (Å²) in [6.07, 6.45) is 1.43. The van der Waals surface area contributed by atoms with Crippen LogP contribution in [0.5, 0.6) is 5.75 Å². The minimum absolute atomic E-state index is 0.104. The van der Waals surface area contributed by atoms with Crippen LogP contribution in [0.2, 0.25) is 0 Å². The van der Waals surface area contributed by atoms with E-state index in [1.807, 2.05) is 0 Å². The largest absolute Gasteiger partial charge is 0.493 e. The van der Waals surface area contributed by atoms with Crippen molar-refractivity contribution in [2.24, 2.45) is 5.73 Å². The molecule has 1 unspecified atom stereocenters. The van der Waals surface area contributed by atoms with E-state index in [0.29, 0.717) is 6.42 Å². The monoisotopic (exact) mass is 478 g/mol. The van der Waals surface area contributed by atoms with Crippen molar-refractivity contribution >= 4 is 8.25 Å². The van der Waals surface area contributed by atoms with Crippen LogP contribution in [-0.4, -0.2) is 23.3 Å². The van der Waals surface area contributed by atoms with E-state index in [2.05, 4.69) is 16.6 Å². The van der Waals surface area contributed by atoms with E-state index in [1.54, 1.807) is 0 Å². The van der Waals surface area contributed by atoms with Crippen molar-refractivity contribution in [2.75, 3.05) is 13.2 Å². The van der Waals surface area contributed by atoms with Gasteiger partial charge in [0.1, 0.15) is 11.4 Å². The number of ether oxygens (including phenoxy) is 1. The smallest absolute Gasteiger partial charge is 0.419 e. The lowest BCUT2D eigenvalue weighted by Crippen LogP contribution is -2.37. The summed E-state index contributed by atoms with van der Waals surface area (Å²) < 4.78 is 66.8. The van der Waals surface area contributed by atoms with Gasteiger partial charge in [0.25, 0.3) is 0 Å². The fourth-order valence-electron chi connectivity index (χ4n) is 3.06. The van der Waals surface area contributed by atoms with Gasteiger partial charge in [0.15, 0.2) is 5.76 Å². The molecule has 3 N–H and O–H groups in total. The average Bonchev–Trinajstić information content (AvgIpc) is 3.22. The van der Waals surface area contributed by atoms with Crippen molar-refractivity contribution in [1.82, 2.24) is 5.16 Å². The molecule has 2 aromatic rings. The molecule has 2 rings (SSSR count). The number of benzene rings is 1. The summed E-state index contributed by atoms with van der Waals surface area (Å²) in [6, 6.07) is 5.07. The van der Waals surface area contributed by atoms with Crippen LogP contribution >= 0.6 is 8.25 Å². The van der Waals surface area contributed by atoms with Gasteiger partial charge >= 0.3 is 14.4 Å². The molecule has 1 heterocycles. The molecule has 0 saturated heterocycles. The Morgan fingerprint density at radius 3 is 2.50 bits per heavy atom. The highest BCUT2D eigenvalue weighted by Gasteiger charge is 2.35. The van der Waals surface area contributed by atoms with Gasteiger partial charge in [-0.05, 0) is 31.5 Å². The number of unbranched alkanes of at least 4 members (excludes halogenated alkanes) is 5. The van der Waals surface area contributed by atoms with Crippen molar-refractivity contribution < 1.29 is 36.4 Å². The van der Waals surface area contributed by atoms with Crippen LogP contribution in [0, 0.1) is 0 Å². The van der Waals surface area contributed by atoms with Gasteiger partial charge in [-0.2, -0.15) is 13.2 Å². The maximum Gasteiger partial charge on any atom is 0.419 e. The first-order valence-electron chi connectivity index (χ1n) is 10.5. The van der Waals surface area contributed by atoms with Gasteiger partial charge < -0.3 is 24.4 Å². The topological polar surface area (TPSA) is 108 Å². The van der Waals surface area contributed by atoms with Crippen LogP contribution in [0.3, 0.4) is 0 Å². The van der Waals surface area contributed by atoms with Crippen molar-refractivity contribution in [1.29, 1.82) is 0 Å². The summed E-state index contributed by atoms with van der Waals surface area (Å²) in [7, 11) is -3.19. The Hall–Kier alpha value is -1.87. The van der Waals surface area contributed by atoms with Gasteiger partial charge in [-0.25, -0.2) is 0 Å². The summed E-state index contributed by atoms with van der Waals surface area (Å²) in [4.78, 5) is 8.81. The number of nitrogens with zero attached hydrogens (tertiary/aromatic N) is 1. The van der Waals surface area contributed by atoms with E-state index in [1.165, 1.54) is 25.1 Å². The Morgan fingerprint density at radius 1 is 1.16 bits per heavy atom. The van der Waals surface area contributed by atoms with Crippen molar-refractivity contribution in [3.63, 3.8) is 0 Å². The van der Waals surface area contributed by atoms with Crippen molar-refractivity contribution in [3.05, 3.63) is 35.6 Å². The quantitative estimate of drug-likeness (QED) is 0.282. The average molecular weight is 478 g/mol. The molecule has 0 bridgehead atoms. The molecule has 180 valence electrons. The number of alkyl halides is 3. The standard InChI is InChI=1S/C21H30F3N2O5P/c1-3-4-5-6-7-8-11-29-18-10-9-15(12-16(18)21(22,23)24)17-13-19(31-26-17)20(2,25)14-30-32(27)28/h9-10,12-13,32H,3-8,11,14,25H2,1-2H3,(H,27,28)/t20-/m0/s1. The van der Waals surface area contributed by atoms with E-state index < -0.39 is 25.5 Å². The highest BCUT2D eigenvalue weighted by molar-refractivity contribution is 7.32. The Kier molecular flexibility index (Phi) is 9.76. The summed E-state index contributed by atoms with van der Waals surface area (Å²) in [6.45, 7) is 3.50. The van der Waals surface area contributed by atoms with Gasteiger partial charge in [0.2, 0.25) is 0 Å². The molecule has 32 heavy (non-hydrogen) atoms. The molecule has 1 aromatic carbocycles. The Labute approximate surface area is 186 Å². The number of halogens is 3. The highest BCUT2D eigenvalue weighted by Crippen LogP contribution is 2.39. The molecule has 0 fully saturated rings. The predicted octanol–water partition coefficient (Wildman–Crippen LogP) is 5.67. The summed E-state index contributed by atoms with van der Waals surface area (Å²) in [5, 5.41) is 3.79. The third-order valence-corrected chi connectivity index (χ3v) is 5.30. The molecule has 0 aliphatic rings. The fraction of sp³-hybridized carbons (Fsp3) is 0.571. The summed E-state index contributed by atoms with van der Waals surface area (Å²) in [5.41, 5.74) is 4.14. The third-order valence-electron chi connectivity index (χ3n) is 4.90. The van der Waals surface area contributed by atoms with Crippen molar-refractivity contribution in [2.45, 2.75) is 64.1 Å². The number of aromatic nitrogens is 1. The number of rotatable bonds is 13. The minimum atomic E-state index is -4.61. The molecular weight excluding hydrogens is 448 g/mol. The number of hydrogen-bond acceptors (Lipinski definition) is 6. The maximum absolute atomic E-state index is 13.6. The van der Waals surface area contributed by atoms with Crippen LogP contribution in [0.1, 0.15) is 63.7 Å². The second-order valence-electron chi connectivity index (χ2n) is 7.87. The molecule has 1 aromatic heterocycles. The minimum Gasteiger partial charge on any atom is -0.493 e. The zero-order valence-corrected chi connectivity index (χ0v) is 19.2. The molecule has 0 radical (unpaired) electrons. The second kappa shape index (κ2) is 11.8. The van der Waals surface area contributed by atoms with Crippen LogP contribution in [0.15, 0.2) is 28.8 Å². The normalized spacial score (nSPS) is 14.8. The zero-order chi connectivity index (χ0) is 23.8. The first-order chi connectivity index (χ1) is 15.0. The SMILES string of the molecule is CCCCCCCCOc1ccc(-c2cc([C@@](C)(N)CO[PH](=O)O)on2)cc1C(F)(F)F. The van der Waals surface area contributed by atoms with Crippen LogP contribution in [0.4, 0.5) is 13.2 Å². The second-order valence-corrected chi connectivity index (χ2v) is 8.69. The Bertz CT molecular complexity index is 887. The maximum atomic E-state index is 13.6. The molecule has 0 aliphatic carbocycles. The van der Waals surface area contributed by atoms with Crippen LogP contribution in [-0.2, 0) is 20.8 Å². The lowest BCUT2D eigenvalue weighted by atomic mass is 10.00. The molecular formula is C21H30F3N2O5P.